The molecule has 7 nitrogen and oxygen atoms in total. The van der Waals surface area contributed by atoms with Gasteiger partial charge in [-0.25, -0.2) is 9.59 Å². The van der Waals surface area contributed by atoms with Gasteiger partial charge >= 0.3 is 11.9 Å². The van der Waals surface area contributed by atoms with Gasteiger partial charge in [-0.3, -0.25) is 9.59 Å². The molecule has 2 aromatic carbocycles. The van der Waals surface area contributed by atoms with Crippen LogP contribution in [0.1, 0.15) is 45.7 Å². The van der Waals surface area contributed by atoms with E-state index in [1.807, 2.05) is 6.92 Å². The monoisotopic (exact) mass is 398 g/mol. The Morgan fingerprint density at radius 1 is 0.759 bits per heavy atom. The lowest BCUT2D eigenvalue weighted by atomic mass is 10.1. The van der Waals surface area contributed by atoms with E-state index in [-0.39, 0.29) is 17.7 Å². The lowest BCUT2D eigenvalue weighted by Crippen LogP contribution is -2.34. The lowest BCUT2D eigenvalue weighted by Gasteiger charge is -2.20. The highest BCUT2D eigenvalue weighted by Crippen LogP contribution is 2.11. The number of ketones is 2. The first-order valence-corrected chi connectivity index (χ1v) is 9.00. The Morgan fingerprint density at radius 2 is 1.14 bits per heavy atom. The maximum Gasteiger partial charge on any atom is 0.380 e. The first-order chi connectivity index (χ1) is 13.7. The number of hydrogen-bond acceptors (Lipinski definition) is 7. The summed E-state index contributed by atoms with van der Waals surface area (Å²) in [5.74, 6) is -3.86. The highest BCUT2D eigenvalue weighted by atomic mass is 16.6. The number of aliphatic hydroxyl groups excluding tert-OH is 1. The fourth-order valence-electron chi connectivity index (χ4n) is 2.34. The van der Waals surface area contributed by atoms with Crippen molar-refractivity contribution in [2.75, 3.05) is 0 Å². The highest BCUT2D eigenvalue weighted by Gasteiger charge is 2.27. The molecule has 2 unspecified atom stereocenters. The molecule has 1 N–H and O–H groups in total. The molecule has 2 rings (SSSR count). The summed E-state index contributed by atoms with van der Waals surface area (Å²) in [5.41, 5.74) is 1.85. The van der Waals surface area contributed by atoms with Gasteiger partial charge in [-0.1, -0.05) is 54.1 Å². The van der Waals surface area contributed by atoms with Gasteiger partial charge in [0.25, 0.3) is 11.6 Å². The number of benzene rings is 2. The second-order valence-electron chi connectivity index (χ2n) is 6.60. The Morgan fingerprint density at radius 3 is 1.52 bits per heavy atom. The molecule has 152 valence electrons. The van der Waals surface area contributed by atoms with Crippen LogP contribution in [0.3, 0.4) is 0 Å². The van der Waals surface area contributed by atoms with Crippen molar-refractivity contribution in [3.8, 4) is 0 Å². The van der Waals surface area contributed by atoms with Gasteiger partial charge in [-0.15, -0.1) is 0 Å². The fraction of sp³-hybridized carbons (Fsp3) is 0.273. The van der Waals surface area contributed by atoms with Crippen molar-refractivity contribution in [3.63, 3.8) is 0 Å². The van der Waals surface area contributed by atoms with Gasteiger partial charge in [0, 0.05) is 11.1 Å². The van der Waals surface area contributed by atoms with E-state index in [9.17, 15) is 19.2 Å². The van der Waals surface area contributed by atoms with Crippen molar-refractivity contribution in [2.45, 2.75) is 39.6 Å². The van der Waals surface area contributed by atoms with Crippen molar-refractivity contribution in [1.82, 2.24) is 0 Å². The third-order valence-electron chi connectivity index (χ3n) is 4.33. The van der Waals surface area contributed by atoms with Crippen LogP contribution < -0.4 is 0 Å². The number of esters is 2. The van der Waals surface area contributed by atoms with Crippen LogP contribution in [-0.4, -0.2) is 40.8 Å². The maximum atomic E-state index is 12.1. The summed E-state index contributed by atoms with van der Waals surface area (Å²) in [5, 5.41) is 9.01. The van der Waals surface area contributed by atoms with Crippen LogP contribution >= 0.6 is 0 Å². The summed E-state index contributed by atoms with van der Waals surface area (Å²) in [7, 11) is 0. The number of carbonyl (C=O) groups excluding carboxylic acids is 4. The molecule has 0 bridgehead atoms. The lowest BCUT2D eigenvalue weighted by molar-refractivity contribution is -0.158. The van der Waals surface area contributed by atoms with Crippen molar-refractivity contribution < 1.29 is 33.8 Å². The van der Waals surface area contributed by atoms with Gasteiger partial charge in [0.1, 0.15) is 12.2 Å². The summed E-state index contributed by atoms with van der Waals surface area (Å²) < 4.78 is 10.1. The number of aryl methyl sites for hydroxylation is 1. The molecule has 0 fully saturated rings. The van der Waals surface area contributed by atoms with Gasteiger partial charge in [0.15, 0.2) is 0 Å². The largest absolute Gasteiger partial charge is 0.453 e. The number of aliphatic hydroxyl groups is 1. The maximum absolute atomic E-state index is 12.1. The predicted octanol–water partition coefficient (Wildman–Crippen LogP) is 2.42. The summed E-state index contributed by atoms with van der Waals surface area (Å²) in [6.07, 6.45) is -1.89. The molecule has 0 aromatic heterocycles. The molecular formula is C22H22O7. The van der Waals surface area contributed by atoms with Gasteiger partial charge in [-0.05, 0) is 26.3 Å². The Balaban J connectivity index is 1.93. The third-order valence-corrected chi connectivity index (χ3v) is 4.33. The summed E-state index contributed by atoms with van der Waals surface area (Å²) in [6.45, 7) is 4.58. The van der Waals surface area contributed by atoms with E-state index in [1.165, 1.54) is 50.2 Å². The topological polar surface area (TPSA) is 107 Å². The zero-order chi connectivity index (χ0) is 21.6. The van der Waals surface area contributed by atoms with Crippen molar-refractivity contribution in [1.29, 1.82) is 0 Å². The van der Waals surface area contributed by atoms with E-state index in [1.54, 1.807) is 12.1 Å². The van der Waals surface area contributed by atoms with Crippen LogP contribution in [0.5, 0.6) is 0 Å². The van der Waals surface area contributed by atoms with Gasteiger partial charge in [0.2, 0.25) is 0 Å². The van der Waals surface area contributed by atoms with Crippen molar-refractivity contribution in [2.24, 2.45) is 0 Å². The molecule has 0 heterocycles. The molecule has 7 heteroatoms. The molecule has 2 atom stereocenters. The van der Waals surface area contributed by atoms with Crippen LogP contribution in [-0.2, 0) is 25.7 Å². The van der Waals surface area contributed by atoms with Crippen molar-refractivity contribution in [3.05, 3.63) is 70.8 Å². The molecule has 0 amide bonds. The van der Waals surface area contributed by atoms with Crippen LogP contribution in [0.4, 0.5) is 0 Å². The van der Waals surface area contributed by atoms with Crippen LogP contribution in [0.2, 0.25) is 0 Å². The van der Waals surface area contributed by atoms with E-state index in [4.69, 9.17) is 14.6 Å². The molecule has 0 aliphatic rings. The Hall–Kier alpha value is -3.32. The number of Topliss-reactive ketones (excluding diaryl/α,β-unsaturated/α-hetero) is 2. The molecule has 29 heavy (non-hydrogen) atoms. The summed E-state index contributed by atoms with van der Waals surface area (Å²) in [4.78, 5) is 48.4. The minimum Gasteiger partial charge on any atom is -0.453 e. The molecule has 0 aliphatic heterocycles. The second kappa shape index (κ2) is 9.75. The average Bonchev–Trinajstić information content (AvgIpc) is 2.73. The van der Waals surface area contributed by atoms with Crippen molar-refractivity contribution >= 4 is 23.5 Å². The molecule has 0 radical (unpaired) electrons. The van der Waals surface area contributed by atoms with E-state index in [2.05, 4.69) is 0 Å². The third kappa shape index (κ3) is 5.83. The van der Waals surface area contributed by atoms with E-state index in [0.29, 0.717) is 5.56 Å². The normalized spacial score (nSPS) is 12.6. The Kier molecular flexibility index (Phi) is 7.39. The van der Waals surface area contributed by atoms with Gasteiger partial charge in [0.05, 0.1) is 6.61 Å². The number of rotatable bonds is 8. The fourth-order valence-corrected chi connectivity index (χ4v) is 2.34. The smallest absolute Gasteiger partial charge is 0.380 e. The predicted molar refractivity (Wildman–Crippen MR) is 103 cm³/mol. The van der Waals surface area contributed by atoms with Gasteiger partial charge in [-0.2, -0.15) is 0 Å². The molecule has 0 aliphatic carbocycles. The highest BCUT2D eigenvalue weighted by molar-refractivity contribution is 6.41. The summed E-state index contributed by atoms with van der Waals surface area (Å²) >= 11 is 0. The summed E-state index contributed by atoms with van der Waals surface area (Å²) in [6, 6.07) is 12.3. The zero-order valence-electron chi connectivity index (χ0n) is 16.4. The van der Waals surface area contributed by atoms with Gasteiger partial charge < -0.3 is 14.6 Å². The molecule has 0 saturated heterocycles. The molecule has 0 spiro atoms. The Labute approximate surface area is 168 Å². The van der Waals surface area contributed by atoms with Crippen LogP contribution in [0.25, 0.3) is 0 Å². The SMILES string of the molecule is Cc1ccc(C(=O)C(=O)OC(C)C(C)OC(=O)C(=O)c2ccc(CO)cc2)cc1. The minimum absolute atomic E-state index is 0.110. The Bertz CT molecular complexity index is 898. The quantitative estimate of drug-likeness (QED) is 0.413. The molecule has 2 aromatic rings. The number of ether oxygens (including phenoxy) is 2. The van der Waals surface area contributed by atoms with Crippen LogP contribution in [0, 0.1) is 6.92 Å². The first-order valence-electron chi connectivity index (χ1n) is 9.00. The second-order valence-corrected chi connectivity index (χ2v) is 6.60. The molecular weight excluding hydrogens is 376 g/mol. The first kappa shape index (κ1) is 22.0. The number of hydrogen-bond donors (Lipinski definition) is 1. The van der Waals surface area contributed by atoms with E-state index >= 15 is 0 Å². The standard InChI is InChI=1S/C22H22O7/c1-13-4-8-17(9-5-13)19(24)21(26)28-14(2)15(3)29-22(27)20(25)18-10-6-16(12-23)7-11-18/h4-11,14-15,23H,12H2,1-3H3. The van der Waals surface area contributed by atoms with E-state index < -0.39 is 35.7 Å². The zero-order valence-corrected chi connectivity index (χ0v) is 16.4. The van der Waals surface area contributed by atoms with Crippen LogP contribution in [0.15, 0.2) is 48.5 Å². The molecule has 0 saturated carbocycles. The number of carbonyl (C=O) groups is 4. The minimum atomic E-state index is -1.11. The average molecular weight is 398 g/mol. The van der Waals surface area contributed by atoms with E-state index in [0.717, 1.165) is 5.56 Å².